The number of nitrogens with zero attached hydrogens (tertiary/aromatic N) is 2. The summed E-state index contributed by atoms with van der Waals surface area (Å²) in [5.74, 6) is -0.0775. The number of para-hydroxylation sites is 2. The van der Waals surface area contributed by atoms with Crippen LogP contribution in [0.3, 0.4) is 0 Å². The highest BCUT2D eigenvalue weighted by molar-refractivity contribution is 5.69. The molecule has 0 bridgehead atoms. The van der Waals surface area contributed by atoms with Gasteiger partial charge in [0.25, 0.3) is 5.56 Å². The summed E-state index contributed by atoms with van der Waals surface area (Å²) in [6.45, 7) is 0. The second kappa shape index (κ2) is 6.17. The Balaban J connectivity index is 2.08. The van der Waals surface area contributed by atoms with Gasteiger partial charge in [-0.2, -0.15) is 0 Å². The van der Waals surface area contributed by atoms with E-state index in [9.17, 15) is 9.90 Å². The predicted octanol–water partition coefficient (Wildman–Crippen LogP) is 4.00. The quantitative estimate of drug-likeness (QED) is 0.618. The Morgan fingerprint density at radius 2 is 1.04 bits per heavy atom. The Labute approximate surface area is 144 Å². The smallest absolute Gasteiger partial charge is 0.283 e. The summed E-state index contributed by atoms with van der Waals surface area (Å²) in [6, 6.07) is 27.9. The fourth-order valence-corrected chi connectivity index (χ4v) is 2.96. The number of hydrogen-bond acceptors (Lipinski definition) is 2. The Hall–Kier alpha value is -3.53. The van der Waals surface area contributed by atoms with E-state index in [1.165, 1.54) is 4.68 Å². The fraction of sp³-hybridized carbons (Fsp3) is 0. The van der Waals surface area contributed by atoms with Gasteiger partial charge in [-0.15, -0.1) is 0 Å². The van der Waals surface area contributed by atoms with Crippen molar-refractivity contribution < 1.29 is 5.11 Å². The molecule has 3 aromatic carbocycles. The lowest BCUT2D eigenvalue weighted by molar-refractivity contribution is 0.427. The normalized spacial score (nSPS) is 10.7. The zero-order valence-corrected chi connectivity index (χ0v) is 13.4. The molecule has 0 fully saturated rings. The second-order valence-electron chi connectivity index (χ2n) is 5.66. The minimum atomic E-state index is -0.265. The minimum absolute atomic E-state index is 0.0775. The molecule has 0 aliphatic heterocycles. The van der Waals surface area contributed by atoms with Crippen LogP contribution in [0.25, 0.3) is 22.5 Å². The lowest BCUT2D eigenvalue weighted by Crippen LogP contribution is -2.20. The molecule has 122 valence electrons. The molecular weight excluding hydrogens is 312 g/mol. The van der Waals surface area contributed by atoms with Gasteiger partial charge < -0.3 is 5.11 Å². The van der Waals surface area contributed by atoms with Crippen LogP contribution in [0, 0.1) is 0 Å². The molecule has 1 heterocycles. The van der Waals surface area contributed by atoms with Gasteiger partial charge in [0.05, 0.1) is 11.4 Å². The van der Waals surface area contributed by atoms with E-state index in [-0.39, 0.29) is 17.0 Å². The maximum absolute atomic E-state index is 13.2. The van der Waals surface area contributed by atoms with E-state index >= 15 is 0 Å². The highest BCUT2D eigenvalue weighted by Gasteiger charge is 2.22. The molecule has 0 atom stereocenters. The zero-order valence-electron chi connectivity index (χ0n) is 13.4. The van der Waals surface area contributed by atoms with Gasteiger partial charge in [0.1, 0.15) is 5.56 Å². The number of aromatic nitrogens is 2. The molecule has 0 unspecified atom stereocenters. The molecule has 0 saturated carbocycles. The standard InChI is InChI=1S/C21H16N2O2/c24-20-19(16-10-4-1-5-11-16)21(25)23(18-14-8-3-9-15-18)22(20)17-12-6-2-7-13-17/h1-15,24H. The van der Waals surface area contributed by atoms with E-state index in [0.29, 0.717) is 16.9 Å². The van der Waals surface area contributed by atoms with Crippen LogP contribution in [0.15, 0.2) is 95.8 Å². The highest BCUT2D eigenvalue weighted by Crippen LogP contribution is 2.30. The number of rotatable bonds is 3. The third-order valence-corrected chi connectivity index (χ3v) is 4.09. The Kier molecular flexibility index (Phi) is 3.71. The van der Waals surface area contributed by atoms with Crippen molar-refractivity contribution in [1.29, 1.82) is 0 Å². The van der Waals surface area contributed by atoms with Crippen LogP contribution in [0.1, 0.15) is 0 Å². The topological polar surface area (TPSA) is 47.2 Å². The van der Waals surface area contributed by atoms with Gasteiger partial charge in [-0.05, 0) is 29.8 Å². The first-order valence-electron chi connectivity index (χ1n) is 8.00. The van der Waals surface area contributed by atoms with Gasteiger partial charge in [-0.3, -0.25) is 4.79 Å². The SMILES string of the molecule is O=c1c(-c2ccccc2)c(O)n(-c2ccccc2)n1-c1ccccc1. The van der Waals surface area contributed by atoms with Crippen molar-refractivity contribution in [2.24, 2.45) is 0 Å². The third-order valence-electron chi connectivity index (χ3n) is 4.09. The first kappa shape index (κ1) is 15.0. The molecule has 0 radical (unpaired) electrons. The van der Waals surface area contributed by atoms with Crippen molar-refractivity contribution in [3.8, 4) is 28.4 Å². The van der Waals surface area contributed by atoms with Crippen molar-refractivity contribution >= 4 is 0 Å². The van der Waals surface area contributed by atoms with E-state index in [4.69, 9.17) is 0 Å². The number of aromatic hydroxyl groups is 1. The monoisotopic (exact) mass is 328 g/mol. The second-order valence-corrected chi connectivity index (χ2v) is 5.66. The van der Waals surface area contributed by atoms with Crippen LogP contribution in [0.2, 0.25) is 0 Å². The van der Waals surface area contributed by atoms with Crippen LogP contribution in [0.5, 0.6) is 5.88 Å². The average Bonchev–Trinajstić information content (AvgIpc) is 2.94. The van der Waals surface area contributed by atoms with Crippen molar-refractivity contribution in [1.82, 2.24) is 9.36 Å². The van der Waals surface area contributed by atoms with Gasteiger partial charge in [0.2, 0.25) is 5.88 Å². The van der Waals surface area contributed by atoms with Crippen molar-refractivity contribution in [2.75, 3.05) is 0 Å². The molecule has 4 heteroatoms. The maximum Gasteiger partial charge on any atom is 0.283 e. The Morgan fingerprint density at radius 3 is 1.56 bits per heavy atom. The van der Waals surface area contributed by atoms with Crippen LogP contribution >= 0.6 is 0 Å². The van der Waals surface area contributed by atoms with Gasteiger partial charge in [-0.1, -0.05) is 66.7 Å². The number of hydrogen-bond donors (Lipinski definition) is 1. The lowest BCUT2D eigenvalue weighted by Gasteiger charge is -2.12. The lowest BCUT2D eigenvalue weighted by atomic mass is 10.1. The summed E-state index contributed by atoms with van der Waals surface area (Å²) >= 11 is 0. The predicted molar refractivity (Wildman–Crippen MR) is 98.5 cm³/mol. The highest BCUT2D eigenvalue weighted by atomic mass is 16.3. The zero-order chi connectivity index (χ0) is 17.2. The van der Waals surface area contributed by atoms with Gasteiger partial charge >= 0.3 is 0 Å². The molecule has 1 aromatic heterocycles. The summed E-state index contributed by atoms with van der Waals surface area (Å²) in [6.07, 6.45) is 0. The summed E-state index contributed by atoms with van der Waals surface area (Å²) in [7, 11) is 0. The molecule has 4 rings (SSSR count). The maximum atomic E-state index is 13.2. The molecule has 0 aliphatic carbocycles. The number of benzene rings is 3. The third kappa shape index (κ3) is 2.54. The van der Waals surface area contributed by atoms with E-state index in [1.54, 1.807) is 4.68 Å². The van der Waals surface area contributed by atoms with Gasteiger partial charge in [0.15, 0.2) is 0 Å². The van der Waals surface area contributed by atoms with Crippen LogP contribution in [-0.2, 0) is 0 Å². The molecule has 0 amide bonds. The average molecular weight is 328 g/mol. The first-order valence-corrected chi connectivity index (χ1v) is 8.00. The molecule has 25 heavy (non-hydrogen) atoms. The van der Waals surface area contributed by atoms with E-state index in [0.717, 1.165) is 0 Å². The summed E-state index contributed by atoms with van der Waals surface area (Å²) in [4.78, 5) is 13.2. The first-order chi connectivity index (χ1) is 12.3. The van der Waals surface area contributed by atoms with E-state index < -0.39 is 0 Å². The van der Waals surface area contributed by atoms with Crippen LogP contribution in [-0.4, -0.2) is 14.5 Å². The molecule has 0 spiro atoms. The van der Waals surface area contributed by atoms with Crippen LogP contribution in [0.4, 0.5) is 0 Å². The molecular formula is C21H16N2O2. The summed E-state index contributed by atoms with van der Waals surface area (Å²) in [5.41, 5.74) is 2.10. The molecule has 4 aromatic rings. The Bertz CT molecular complexity index is 1050. The van der Waals surface area contributed by atoms with Crippen molar-refractivity contribution in [2.45, 2.75) is 0 Å². The van der Waals surface area contributed by atoms with Gasteiger partial charge in [0, 0.05) is 0 Å². The molecule has 0 saturated heterocycles. The fourth-order valence-electron chi connectivity index (χ4n) is 2.96. The van der Waals surface area contributed by atoms with Gasteiger partial charge in [-0.25, -0.2) is 9.36 Å². The van der Waals surface area contributed by atoms with Crippen molar-refractivity contribution in [3.63, 3.8) is 0 Å². The van der Waals surface area contributed by atoms with Crippen LogP contribution < -0.4 is 5.56 Å². The van der Waals surface area contributed by atoms with E-state index in [1.807, 2.05) is 91.0 Å². The summed E-state index contributed by atoms with van der Waals surface area (Å²) in [5, 5.41) is 10.9. The minimum Gasteiger partial charge on any atom is -0.493 e. The Morgan fingerprint density at radius 1 is 0.600 bits per heavy atom. The van der Waals surface area contributed by atoms with E-state index in [2.05, 4.69) is 0 Å². The molecule has 1 N–H and O–H groups in total. The summed E-state index contributed by atoms with van der Waals surface area (Å²) < 4.78 is 3.03. The molecule has 0 aliphatic rings. The largest absolute Gasteiger partial charge is 0.493 e. The van der Waals surface area contributed by atoms with Crippen molar-refractivity contribution in [3.05, 3.63) is 101 Å². The molecule has 4 nitrogen and oxygen atoms in total.